The van der Waals surface area contributed by atoms with Crippen molar-refractivity contribution >= 4 is 36.9 Å². The van der Waals surface area contributed by atoms with Crippen LogP contribution in [0.4, 0.5) is 4.39 Å². The molecule has 5 nitrogen and oxygen atoms in total. The molecule has 0 bridgehead atoms. The zero-order valence-electron chi connectivity index (χ0n) is 16.9. The second-order valence-corrected chi connectivity index (χ2v) is 10.9. The first-order valence-electron chi connectivity index (χ1n) is 9.45. The number of nitrogens with zero attached hydrogens (tertiary/aromatic N) is 1. The maximum Gasteiger partial charge on any atom is 0.242 e. The van der Waals surface area contributed by atoms with Crippen LogP contribution in [0.25, 0.3) is 22.3 Å². The van der Waals surface area contributed by atoms with Gasteiger partial charge in [0.2, 0.25) is 10.0 Å². The lowest BCUT2D eigenvalue weighted by Gasteiger charge is -2.26. The van der Waals surface area contributed by atoms with Crippen molar-refractivity contribution in [3.05, 3.63) is 46.8 Å². The Morgan fingerprint density at radius 2 is 1.97 bits per heavy atom. The van der Waals surface area contributed by atoms with Crippen molar-refractivity contribution < 1.29 is 12.8 Å². The van der Waals surface area contributed by atoms with E-state index in [-0.39, 0.29) is 10.7 Å². The van der Waals surface area contributed by atoms with Crippen LogP contribution in [0.5, 0.6) is 0 Å². The van der Waals surface area contributed by atoms with Crippen LogP contribution < -0.4 is 4.72 Å². The molecule has 0 radical (unpaired) electrons. The first kappa shape index (κ1) is 21.9. The number of pyridine rings is 1. The molecule has 156 valence electrons. The Bertz CT molecular complexity index is 1080. The molecule has 0 amide bonds. The van der Waals surface area contributed by atoms with Crippen molar-refractivity contribution in [2.24, 2.45) is 5.92 Å². The number of hydrogen-bond donors (Lipinski definition) is 2. The van der Waals surface area contributed by atoms with Crippen LogP contribution in [0.3, 0.4) is 0 Å². The lowest BCUT2D eigenvalue weighted by molar-refractivity contribution is 0.379. The van der Waals surface area contributed by atoms with Crippen molar-refractivity contribution in [1.82, 2.24) is 14.7 Å². The van der Waals surface area contributed by atoms with Crippen LogP contribution in [0.15, 0.2) is 45.9 Å². The fourth-order valence-corrected chi connectivity index (χ4v) is 4.82. The number of aromatic nitrogens is 2. The number of hydrogen-bond acceptors (Lipinski definition) is 3. The van der Waals surface area contributed by atoms with Crippen molar-refractivity contribution in [1.29, 1.82) is 0 Å². The summed E-state index contributed by atoms with van der Waals surface area (Å²) in [5.74, 6) is 0.161. The summed E-state index contributed by atoms with van der Waals surface area (Å²) in [5, 5.41) is 0.716. The van der Waals surface area contributed by atoms with E-state index in [1.807, 2.05) is 13.8 Å². The van der Waals surface area contributed by atoms with Crippen molar-refractivity contribution in [3.8, 4) is 11.4 Å². The summed E-state index contributed by atoms with van der Waals surface area (Å²) in [5.41, 5.74) is 1.49. The molecule has 29 heavy (non-hydrogen) atoms. The molecule has 0 saturated carbocycles. The number of rotatable bonds is 7. The Kier molecular flexibility index (Phi) is 6.17. The maximum absolute atomic E-state index is 13.7. The van der Waals surface area contributed by atoms with Gasteiger partial charge in [-0.2, -0.15) is 0 Å². The maximum atomic E-state index is 13.7. The van der Waals surface area contributed by atoms with Gasteiger partial charge >= 0.3 is 0 Å². The minimum absolute atomic E-state index is 0.115. The highest BCUT2D eigenvalue weighted by molar-refractivity contribution is 9.10. The van der Waals surface area contributed by atoms with Crippen molar-refractivity contribution in [3.63, 3.8) is 0 Å². The Labute approximate surface area is 179 Å². The van der Waals surface area contributed by atoms with Gasteiger partial charge in [0.25, 0.3) is 0 Å². The van der Waals surface area contributed by atoms with E-state index in [0.717, 1.165) is 18.4 Å². The first-order chi connectivity index (χ1) is 13.5. The summed E-state index contributed by atoms with van der Waals surface area (Å²) < 4.78 is 42.4. The smallest absolute Gasteiger partial charge is 0.242 e. The fourth-order valence-electron chi connectivity index (χ4n) is 3.09. The monoisotopic (exact) mass is 481 g/mol. The summed E-state index contributed by atoms with van der Waals surface area (Å²) in [6.07, 6.45) is 3.03. The molecular formula is C21H25BrFN3O2S. The quantitative estimate of drug-likeness (QED) is 0.459. The molecular weight excluding hydrogens is 457 g/mol. The highest BCUT2D eigenvalue weighted by atomic mass is 79.9. The summed E-state index contributed by atoms with van der Waals surface area (Å²) in [6, 6.07) is 8.06. The van der Waals surface area contributed by atoms with E-state index in [2.05, 4.69) is 44.5 Å². The normalized spacial score (nSPS) is 12.8. The molecule has 3 rings (SSSR count). The molecule has 0 saturated heterocycles. The van der Waals surface area contributed by atoms with Crippen LogP contribution in [-0.2, 0) is 10.0 Å². The van der Waals surface area contributed by atoms with Gasteiger partial charge in [-0.05, 0) is 78.9 Å². The number of benzene rings is 1. The summed E-state index contributed by atoms with van der Waals surface area (Å²) in [6.45, 7) is 8.00. The van der Waals surface area contributed by atoms with E-state index in [4.69, 9.17) is 0 Å². The summed E-state index contributed by atoms with van der Waals surface area (Å²) in [7, 11) is -3.68. The second-order valence-electron chi connectivity index (χ2n) is 8.34. The molecule has 0 atom stereocenters. The predicted octanol–water partition coefficient (Wildman–Crippen LogP) is 5.62. The van der Waals surface area contributed by atoms with E-state index in [0.29, 0.717) is 27.2 Å². The zero-order valence-corrected chi connectivity index (χ0v) is 19.3. The second kappa shape index (κ2) is 8.16. The van der Waals surface area contributed by atoms with Crippen molar-refractivity contribution in [2.45, 2.75) is 51.0 Å². The molecule has 2 heterocycles. The third kappa shape index (κ3) is 5.24. The van der Waals surface area contributed by atoms with Crippen LogP contribution in [-0.4, -0.2) is 23.9 Å². The molecule has 2 N–H and O–H groups in total. The number of nitrogens with one attached hydrogen (secondary N) is 2. The molecule has 0 aliphatic rings. The average molecular weight is 482 g/mol. The predicted molar refractivity (Wildman–Crippen MR) is 118 cm³/mol. The lowest BCUT2D eigenvalue weighted by atomic mass is 9.95. The molecule has 1 aromatic carbocycles. The zero-order chi connectivity index (χ0) is 21.4. The Morgan fingerprint density at radius 3 is 2.59 bits per heavy atom. The Balaban J connectivity index is 1.82. The Hall–Kier alpha value is -1.77. The van der Waals surface area contributed by atoms with Gasteiger partial charge in [-0.25, -0.2) is 17.5 Å². The molecule has 8 heteroatoms. The largest absolute Gasteiger partial charge is 0.353 e. The van der Waals surface area contributed by atoms with Crippen molar-refractivity contribution in [2.75, 3.05) is 0 Å². The van der Waals surface area contributed by atoms with Gasteiger partial charge < -0.3 is 4.98 Å². The van der Waals surface area contributed by atoms with Gasteiger partial charge in [0, 0.05) is 22.6 Å². The van der Waals surface area contributed by atoms with E-state index in [9.17, 15) is 12.8 Å². The Morgan fingerprint density at radius 1 is 1.24 bits per heavy atom. The van der Waals surface area contributed by atoms with E-state index < -0.39 is 15.6 Å². The fraction of sp³-hybridized carbons (Fsp3) is 0.381. The van der Waals surface area contributed by atoms with Crippen LogP contribution in [0, 0.1) is 11.7 Å². The molecule has 0 spiro atoms. The highest BCUT2D eigenvalue weighted by Gasteiger charge is 2.26. The molecule has 2 aromatic heterocycles. The van der Waals surface area contributed by atoms with E-state index in [1.54, 1.807) is 18.2 Å². The third-order valence-corrected chi connectivity index (χ3v) is 7.03. The van der Waals surface area contributed by atoms with Gasteiger partial charge in [-0.15, -0.1) is 0 Å². The van der Waals surface area contributed by atoms with Crippen LogP contribution in [0.2, 0.25) is 0 Å². The minimum atomic E-state index is -3.68. The van der Waals surface area contributed by atoms with Crippen LogP contribution >= 0.6 is 15.9 Å². The first-order valence-corrected chi connectivity index (χ1v) is 11.7. The number of H-pyrrole nitrogens is 1. The van der Waals surface area contributed by atoms with Gasteiger partial charge in [0.05, 0.1) is 15.9 Å². The number of halogens is 2. The summed E-state index contributed by atoms with van der Waals surface area (Å²) in [4.78, 5) is 7.60. The topological polar surface area (TPSA) is 74.8 Å². The molecule has 0 unspecified atom stereocenters. The number of fused-ring (bicyclic) bond motifs is 1. The van der Waals surface area contributed by atoms with E-state index in [1.165, 1.54) is 18.3 Å². The van der Waals surface area contributed by atoms with Crippen LogP contribution in [0.1, 0.15) is 40.5 Å². The standard InChI is InChI=1S/C21H25BrFN3O2S/c1-13(2)7-8-21(3,4)26-29(27,28)15-5-6-18(24-12-15)20-10-14-9-17(23)16(22)11-19(14)25-20/h5-6,9-13,25-26H,7-8H2,1-4H3. The van der Waals surface area contributed by atoms with E-state index >= 15 is 0 Å². The molecule has 0 fully saturated rings. The number of aromatic amines is 1. The average Bonchev–Trinajstić information content (AvgIpc) is 3.02. The highest BCUT2D eigenvalue weighted by Crippen LogP contribution is 2.28. The molecule has 0 aliphatic heterocycles. The van der Waals surface area contributed by atoms with Gasteiger partial charge in [0.15, 0.2) is 0 Å². The molecule has 3 aromatic rings. The number of sulfonamides is 1. The van der Waals surface area contributed by atoms with Gasteiger partial charge in [0.1, 0.15) is 10.7 Å². The molecule has 0 aliphatic carbocycles. The lowest BCUT2D eigenvalue weighted by Crippen LogP contribution is -2.43. The SMILES string of the molecule is CC(C)CCC(C)(C)NS(=O)(=O)c1ccc(-c2cc3cc(F)c(Br)cc3[nH]2)nc1. The van der Waals surface area contributed by atoms with Gasteiger partial charge in [-0.3, -0.25) is 4.98 Å². The third-order valence-electron chi connectivity index (χ3n) is 4.74. The summed E-state index contributed by atoms with van der Waals surface area (Å²) >= 11 is 3.17. The minimum Gasteiger partial charge on any atom is -0.353 e. The van der Waals surface area contributed by atoms with Gasteiger partial charge in [-0.1, -0.05) is 13.8 Å².